The molecule has 0 bridgehead atoms. The maximum atomic E-state index is 11.3. The normalized spacial score (nSPS) is 10.4. The molecule has 2 N–H and O–H groups in total. The number of H-pyrrole nitrogens is 1. The van der Waals surface area contributed by atoms with E-state index in [1.54, 1.807) is 14.0 Å². The van der Waals surface area contributed by atoms with Gasteiger partial charge in [-0.05, 0) is 31.7 Å². The largest absolute Gasteiger partial charge is 0.357 e. The summed E-state index contributed by atoms with van der Waals surface area (Å²) in [5.74, 6) is 0.549. The molecule has 0 unspecified atom stereocenters. The molecule has 0 spiro atoms. The highest BCUT2D eigenvalue weighted by molar-refractivity contribution is 7.99. The second-order valence-corrected chi connectivity index (χ2v) is 4.72. The van der Waals surface area contributed by atoms with E-state index in [-0.39, 0.29) is 5.56 Å². The van der Waals surface area contributed by atoms with Gasteiger partial charge in [0.2, 0.25) is 5.95 Å². The third-order valence-corrected chi connectivity index (χ3v) is 2.91. The lowest BCUT2D eigenvalue weighted by Gasteiger charge is -2.04. The van der Waals surface area contributed by atoms with Crippen LogP contribution in [0.15, 0.2) is 27.1 Å². The van der Waals surface area contributed by atoms with Gasteiger partial charge in [0.05, 0.1) is 0 Å². The van der Waals surface area contributed by atoms with Crippen molar-refractivity contribution in [1.29, 1.82) is 0 Å². The van der Waals surface area contributed by atoms with E-state index in [9.17, 15) is 4.79 Å². The smallest absolute Gasteiger partial charge is 0.251 e. The van der Waals surface area contributed by atoms with E-state index < -0.39 is 0 Å². The van der Waals surface area contributed by atoms with Crippen LogP contribution in [-0.2, 0) is 0 Å². The zero-order chi connectivity index (χ0) is 13.1. The molecule has 2 rings (SSSR count). The minimum Gasteiger partial charge on any atom is -0.357 e. The number of aromatic nitrogens is 4. The fourth-order valence-electron chi connectivity index (χ4n) is 1.40. The molecule has 0 aliphatic carbocycles. The lowest BCUT2D eigenvalue weighted by molar-refractivity contribution is 0.899. The van der Waals surface area contributed by atoms with Crippen LogP contribution in [-0.4, -0.2) is 27.0 Å². The molecule has 0 saturated carbocycles. The van der Waals surface area contributed by atoms with Gasteiger partial charge in [-0.25, -0.2) is 15.0 Å². The molecule has 2 aromatic heterocycles. The molecular formula is C11H13N5OS. The van der Waals surface area contributed by atoms with E-state index in [0.29, 0.717) is 16.8 Å². The van der Waals surface area contributed by atoms with E-state index in [0.717, 1.165) is 10.7 Å². The van der Waals surface area contributed by atoms with E-state index in [1.807, 2.05) is 13.0 Å². The maximum absolute atomic E-state index is 11.3. The molecule has 0 radical (unpaired) electrons. The SMILES string of the molecule is CNc1nc(C)cc(Sc2nc(C)cc(=O)[nH]2)n1. The van der Waals surface area contributed by atoms with Gasteiger partial charge in [0, 0.05) is 24.5 Å². The number of aromatic amines is 1. The summed E-state index contributed by atoms with van der Waals surface area (Å²) in [6.07, 6.45) is 0. The minimum atomic E-state index is -0.162. The molecule has 0 fully saturated rings. The van der Waals surface area contributed by atoms with Gasteiger partial charge in [0.15, 0.2) is 5.16 Å². The summed E-state index contributed by atoms with van der Waals surface area (Å²) in [5, 5.41) is 4.15. The summed E-state index contributed by atoms with van der Waals surface area (Å²) >= 11 is 1.30. The molecule has 0 amide bonds. The highest BCUT2D eigenvalue weighted by atomic mass is 32.2. The van der Waals surface area contributed by atoms with Gasteiger partial charge in [-0.3, -0.25) is 4.79 Å². The summed E-state index contributed by atoms with van der Waals surface area (Å²) < 4.78 is 0. The highest BCUT2D eigenvalue weighted by Gasteiger charge is 2.05. The number of nitrogens with zero attached hydrogens (tertiary/aromatic N) is 3. The summed E-state index contributed by atoms with van der Waals surface area (Å²) in [6.45, 7) is 3.67. The topological polar surface area (TPSA) is 83.6 Å². The fraction of sp³-hybridized carbons (Fsp3) is 0.273. The highest BCUT2D eigenvalue weighted by Crippen LogP contribution is 2.23. The van der Waals surface area contributed by atoms with Crippen molar-refractivity contribution in [3.8, 4) is 0 Å². The molecule has 94 valence electrons. The Hall–Kier alpha value is -1.89. The second kappa shape index (κ2) is 5.18. The van der Waals surface area contributed by atoms with Gasteiger partial charge in [0.1, 0.15) is 5.03 Å². The minimum absolute atomic E-state index is 0.162. The lowest BCUT2D eigenvalue weighted by atomic mass is 10.5. The van der Waals surface area contributed by atoms with Crippen molar-refractivity contribution in [3.63, 3.8) is 0 Å². The third-order valence-electron chi connectivity index (χ3n) is 2.10. The number of hydrogen-bond acceptors (Lipinski definition) is 6. The molecule has 0 saturated heterocycles. The van der Waals surface area contributed by atoms with Crippen LogP contribution in [0.25, 0.3) is 0 Å². The first kappa shape index (κ1) is 12.6. The average molecular weight is 263 g/mol. The van der Waals surface area contributed by atoms with Crippen molar-refractivity contribution >= 4 is 17.7 Å². The molecule has 0 aromatic carbocycles. The summed E-state index contributed by atoms with van der Waals surface area (Å²) in [7, 11) is 1.76. The van der Waals surface area contributed by atoms with Crippen LogP contribution < -0.4 is 10.9 Å². The van der Waals surface area contributed by atoms with Gasteiger partial charge in [-0.15, -0.1) is 0 Å². The molecule has 2 heterocycles. The van der Waals surface area contributed by atoms with E-state index >= 15 is 0 Å². The monoisotopic (exact) mass is 263 g/mol. The van der Waals surface area contributed by atoms with Gasteiger partial charge >= 0.3 is 0 Å². The molecule has 6 nitrogen and oxygen atoms in total. The molecule has 7 heteroatoms. The standard InChI is InChI=1S/C11H13N5OS/c1-6-4-8(17)15-11(14-6)18-9-5-7(2)13-10(12-3)16-9/h4-5H,1-3H3,(H,12,13,16)(H,14,15,17). The Balaban J connectivity index is 2.33. The predicted molar refractivity (Wildman–Crippen MR) is 70.0 cm³/mol. The average Bonchev–Trinajstić information content (AvgIpc) is 2.26. The van der Waals surface area contributed by atoms with Crippen molar-refractivity contribution in [2.45, 2.75) is 24.0 Å². The number of nitrogens with one attached hydrogen (secondary N) is 2. The van der Waals surface area contributed by atoms with Gasteiger partial charge in [-0.1, -0.05) is 0 Å². The quantitative estimate of drug-likeness (QED) is 0.643. The molecule has 0 atom stereocenters. The Kier molecular flexibility index (Phi) is 3.61. The van der Waals surface area contributed by atoms with Crippen molar-refractivity contribution in [1.82, 2.24) is 19.9 Å². The van der Waals surface area contributed by atoms with Crippen molar-refractivity contribution in [2.75, 3.05) is 12.4 Å². The van der Waals surface area contributed by atoms with E-state index in [4.69, 9.17) is 0 Å². The maximum Gasteiger partial charge on any atom is 0.251 e. The molecule has 2 aromatic rings. The summed E-state index contributed by atoms with van der Waals surface area (Å²) in [4.78, 5) is 26.7. The number of anilines is 1. The van der Waals surface area contributed by atoms with Gasteiger partial charge in [-0.2, -0.15) is 0 Å². The molecule has 18 heavy (non-hydrogen) atoms. The Morgan fingerprint density at radius 3 is 2.56 bits per heavy atom. The van der Waals surface area contributed by atoms with Crippen LogP contribution in [0, 0.1) is 13.8 Å². The first-order chi connectivity index (χ1) is 8.56. The third kappa shape index (κ3) is 3.07. The van der Waals surface area contributed by atoms with Crippen LogP contribution in [0.2, 0.25) is 0 Å². The lowest BCUT2D eigenvalue weighted by Crippen LogP contribution is -2.08. The molecule has 0 aliphatic heterocycles. The first-order valence-corrected chi connectivity index (χ1v) is 6.18. The van der Waals surface area contributed by atoms with Crippen LogP contribution in [0.1, 0.15) is 11.4 Å². The summed E-state index contributed by atoms with van der Waals surface area (Å²) in [5.41, 5.74) is 1.37. The van der Waals surface area contributed by atoms with Crippen LogP contribution in [0.5, 0.6) is 0 Å². The predicted octanol–water partition coefficient (Wildman–Crippen LogP) is 1.37. The van der Waals surface area contributed by atoms with E-state index in [2.05, 4.69) is 25.3 Å². The molecule has 0 aliphatic rings. The van der Waals surface area contributed by atoms with Crippen molar-refractivity contribution in [3.05, 3.63) is 33.9 Å². The van der Waals surface area contributed by atoms with Crippen LogP contribution >= 0.6 is 11.8 Å². The van der Waals surface area contributed by atoms with Crippen LogP contribution in [0.3, 0.4) is 0 Å². The van der Waals surface area contributed by atoms with E-state index in [1.165, 1.54) is 17.8 Å². The number of aryl methyl sites for hydroxylation is 2. The zero-order valence-electron chi connectivity index (χ0n) is 10.3. The zero-order valence-corrected chi connectivity index (χ0v) is 11.1. The summed E-state index contributed by atoms with van der Waals surface area (Å²) in [6, 6.07) is 3.29. The fourth-order valence-corrected chi connectivity index (χ4v) is 2.30. The number of hydrogen-bond donors (Lipinski definition) is 2. The second-order valence-electron chi connectivity index (χ2n) is 3.72. The Morgan fingerprint density at radius 1 is 1.17 bits per heavy atom. The van der Waals surface area contributed by atoms with Gasteiger partial charge < -0.3 is 10.3 Å². The van der Waals surface area contributed by atoms with Crippen molar-refractivity contribution in [2.24, 2.45) is 0 Å². The Morgan fingerprint density at radius 2 is 1.89 bits per heavy atom. The van der Waals surface area contributed by atoms with Gasteiger partial charge in [0.25, 0.3) is 5.56 Å². The first-order valence-electron chi connectivity index (χ1n) is 5.36. The number of rotatable bonds is 3. The molecular weight excluding hydrogens is 250 g/mol. The van der Waals surface area contributed by atoms with Crippen LogP contribution in [0.4, 0.5) is 5.95 Å². The Labute approximate surface area is 108 Å². The van der Waals surface area contributed by atoms with Crippen molar-refractivity contribution < 1.29 is 0 Å². The Bertz CT molecular complexity index is 625.